The zero-order valence-corrected chi connectivity index (χ0v) is 11.4. The highest BCUT2D eigenvalue weighted by atomic mass is 16.5. The lowest BCUT2D eigenvalue weighted by molar-refractivity contribution is 0.384. The molecular formula is C14H15N5O. The van der Waals surface area contributed by atoms with Crippen molar-refractivity contribution < 1.29 is 4.52 Å². The topological polar surface area (TPSA) is 68.8 Å². The lowest BCUT2D eigenvalue weighted by atomic mass is 10.2. The molecule has 6 nitrogen and oxygen atoms in total. The van der Waals surface area contributed by atoms with E-state index >= 15 is 0 Å². The van der Waals surface area contributed by atoms with Crippen molar-refractivity contribution in [1.82, 2.24) is 19.7 Å². The Morgan fingerprint density at radius 3 is 2.75 bits per heavy atom. The van der Waals surface area contributed by atoms with Crippen molar-refractivity contribution in [2.45, 2.75) is 13.5 Å². The molecule has 2 aromatic heterocycles. The fraction of sp³-hybridized carbons (Fsp3) is 0.214. The van der Waals surface area contributed by atoms with Crippen LogP contribution in [0.2, 0.25) is 0 Å². The highest BCUT2D eigenvalue weighted by Crippen LogP contribution is 2.15. The van der Waals surface area contributed by atoms with Gasteiger partial charge in [-0.3, -0.25) is 0 Å². The Morgan fingerprint density at radius 2 is 2.05 bits per heavy atom. The van der Waals surface area contributed by atoms with E-state index in [9.17, 15) is 0 Å². The smallest absolute Gasteiger partial charge is 0.246 e. The van der Waals surface area contributed by atoms with E-state index in [1.54, 1.807) is 12.5 Å². The number of hydrogen-bond donors (Lipinski definition) is 1. The van der Waals surface area contributed by atoms with Gasteiger partial charge in [-0.25, -0.2) is 4.98 Å². The van der Waals surface area contributed by atoms with E-state index < -0.39 is 0 Å². The first-order valence-corrected chi connectivity index (χ1v) is 6.32. The zero-order chi connectivity index (χ0) is 13.9. The van der Waals surface area contributed by atoms with E-state index in [1.165, 1.54) is 5.56 Å². The lowest BCUT2D eigenvalue weighted by Crippen LogP contribution is -1.99. The van der Waals surface area contributed by atoms with Crippen molar-refractivity contribution in [1.29, 1.82) is 0 Å². The van der Waals surface area contributed by atoms with Crippen LogP contribution in [0, 0.1) is 6.92 Å². The molecule has 0 bridgehead atoms. The van der Waals surface area contributed by atoms with E-state index in [0.717, 1.165) is 11.4 Å². The average molecular weight is 269 g/mol. The first-order valence-electron chi connectivity index (χ1n) is 6.32. The second-order valence-electron chi connectivity index (χ2n) is 4.62. The Morgan fingerprint density at radius 1 is 1.25 bits per heavy atom. The van der Waals surface area contributed by atoms with Crippen LogP contribution in [0.15, 0.2) is 41.3 Å². The van der Waals surface area contributed by atoms with Crippen LogP contribution in [0.1, 0.15) is 11.5 Å². The third-order valence-corrected chi connectivity index (χ3v) is 3.01. The molecule has 0 aliphatic rings. The summed E-state index contributed by atoms with van der Waals surface area (Å²) in [4.78, 5) is 8.38. The van der Waals surface area contributed by atoms with Crippen LogP contribution in [0.5, 0.6) is 0 Å². The van der Waals surface area contributed by atoms with Crippen molar-refractivity contribution in [3.05, 3.63) is 48.2 Å². The molecule has 102 valence electrons. The number of benzene rings is 1. The van der Waals surface area contributed by atoms with Crippen molar-refractivity contribution in [3.8, 4) is 11.5 Å². The molecule has 0 atom stereocenters. The maximum Gasteiger partial charge on any atom is 0.246 e. The van der Waals surface area contributed by atoms with Gasteiger partial charge in [0.25, 0.3) is 0 Å². The Kier molecular flexibility index (Phi) is 3.20. The second-order valence-corrected chi connectivity index (χ2v) is 4.62. The average Bonchev–Trinajstić information content (AvgIpc) is 3.06. The molecule has 0 amide bonds. The van der Waals surface area contributed by atoms with E-state index in [2.05, 4.69) is 39.5 Å². The third kappa shape index (κ3) is 2.54. The predicted octanol–water partition coefficient (Wildman–Crippen LogP) is 2.39. The van der Waals surface area contributed by atoms with Crippen LogP contribution >= 0.6 is 0 Å². The molecule has 20 heavy (non-hydrogen) atoms. The number of nitrogens with zero attached hydrogens (tertiary/aromatic N) is 4. The van der Waals surface area contributed by atoms with Crippen molar-refractivity contribution in [2.75, 3.05) is 5.32 Å². The number of imidazole rings is 1. The molecule has 0 aliphatic heterocycles. The summed E-state index contributed by atoms with van der Waals surface area (Å²) < 4.78 is 7.07. The van der Waals surface area contributed by atoms with Crippen LogP contribution in [0.4, 0.5) is 5.69 Å². The van der Waals surface area contributed by atoms with Crippen LogP contribution in [-0.2, 0) is 13.6 Å². The predicted molar refractivity (Wildman–Crippen MR) is 75.0 cm³/mol. The van der Waals surface area contributed by atoms with Gasteiger partial charge in [-0.2, -0.15) is 4.98 Å². The minimum absolute atomic E-state index is 0.494. The quantitative estimate of drug-likeness (QED) is 0.787. The van der Waals surface area contributed by atoms with Gasteiger partial charge in [0.1, 0.15) is 5.69 Å². The maximum atomic E-state index is 5.22. The van der Waals surface area contributed by atoms with Crippen LogP contribution < -0.4 is 5.32 Å². The molecule has 0 saturated heterocycles. The Bertz CT molecular complexity index is 698. The van der Waals surface area contributed by atoms with E-state index in [4.69, 9.17) is 4.52 Å². The summed E-state index contributed by atoms with van der Waals surface area (Å²) in [5.74, 6) is 1.09. The summed E-state index contributed by atoms with van der Waals surface area (Å²) in [6, 6.07) is 8.15. The number of aromatic nitrogens is 4. The first-order chi connectivity index (χ1) is 9.72. The molecule has 0 unspecified atom stereocenters. The summed E-state index contributed by atoms with van der Waals surface area (Å²) in [6.07, 6.45) is 3.41. The van der Waals surface area contributed by atoms with E-state index in [1.807, 2.05) is 23.7 Å². The van der Waals surface area contributed by atoms with Gasteiger partial charge >= 0.3 is 0 Å². The van der Waals surface area contributed by atoms with Gasteiger partial charge in [-0.05, 0) is 19.1 Å². The lowest BCUT2D eigenvalue weighted by Gasteiger charge is -2.02. The minimum atomic E-state index is 0.494. The summed E-state index contributed by atoms with van der Waals surface area (Å²) in [5, 5.41) is 7.20. The zero-order valence-electron chi connectivity index (χ0n) is 11.4. The standard InChI is InChI=1S/C14H15N5O/c1-10-3-5-11(6-4-10)16-8-13-17-14(18-20-13)12-7-15-9-19(12)2/h3-7,9,16H,8H2,1-2H3. The van der Waals surface area contributed by atoms with E-state index in [-0.39, 0.29) is 0 Å². The molecule has 2 heterocycles. The number of anilines is 1. The summed E-state index contributed by atoms with van der Waals surface area (Å²) in [6.45, 7) is 2.55. The molecule has 3 aromatic rings. The molecule has 1 aromatic carbocycles. The van der Waals surface area contributed by atoms with Gasteiger partial charge in [0, 0.05) is 12.7 Å². The molecule has 0 saturated carbocycles. The van der Waals surface area contributed by atoms with Gasteiger partial charge < -0.3 is 14.4 Å². The SMILES string of the molecule is Cc1ccc(NCc2nc(-c3cncn3C)no2)cc1. The number of aryl methyl sites for hydroxylation is 2. The molecular weight excluding hydrogens is 254 g/mol. The van der Waals surface area contributed by atoms with Crippen LogP contribution in [0.25, 0.3) is 11.5 Å². The number of nitrogens with one attached hydrogen (secondary N) is 1. The Hall–Kier alpha value is -2.63. The Balaban J connectivity index is 1.69. The number of rotatable bonds is 4. The molecule has 0 fully saturated rings. The molecule has 3 rings (SSSR count). The molecule has 0 radical (unpaired) electrons. The fourth-order valence-corrected chi connectivity index (χ4v) is 1.85. The molecule has 1 N–H and O–H groups in total. The third-order valence-electron chi connectivity index (χ3n) is 3.01. The monoisotopic (exact) mass is 269 g/mol. The van der Waals surface area contributed by atoms with Gasteiger partial charge in [0.05, 0.1) is 19.1 Å². The molecule has 6 heteroatoms. The molecule has 0 aliphatic carbocycles. The first kappa shape index (κ1) is 12.4. The highest BCUT2D eigenvalue weighted by molar-refractivity contribution is 5.47. The Labute approximate surface area is 116 Å². The van der Waals surface area contributed by atoms with Crippen molar-refractivity contribution in [2.24, 2.45) is 7.05 Å². The van der Waals surface area contributed by atoms with Crippen LogP contribution in [-0.4, -0.2) is 19.7 Å². The largest absolute Gasteiger partial charge is 0.376 e. The molecule has 0 spiro atoms. The summed E-state index contributed by atoms with van der Waals surface area (Å²) in [7, 11) is 1.89. The van der Waals surface area contributed by atoms with Crippen molar-refractivity contribution in [3.63, 3.8) is 0 Å². The van der Waals surface area contributed by atoms with Crippen LogP contribution in [0.3, 0.4) is 0 Å². The van der Waals surface area contributed by atoms with Gasteiger partial charge in [0.15, 0.2) is 0 Å². The van der Waals surface area contributed by atoms with Gasteiger partial charge in [-0.1, -0.05) is 22.9 Å². The summed E-state index contributed by atoms with van der Waals surface area (Å²) in [5.41, 5.74) is 3.08. The van der Waals surface area contributed by atoms with Gasteiger partial charge in [-0.15, -0.1) is 0 Å². The second kappa shape index (κ2) is 5.16. The summed E-state index contributed by atoms with van der Waals surface area (Å²) >= 11 is 0. The minimum Gasteiger partial charge on any atom is -0.376 e. The van der Waals surface area contributed by atoms with E-state index in [0.29, 0.717) is 18.3 Å². The number of hydrogen-bond acceptors (Lipinski definition) is 5. The van der Waals surface area contributed by atoms with Crippen molar-refractivity contribution >= 4 is 5.69 Å². The van der Waals surface area contributed by atoms with Gasteiger partial charge in [0.2, 0.25) is 11.7 Å². The maximum absolute atomic E-state index is 5.22. The highest BCUT2D eigenvalue weighted by Gasteiger charge is 2.11. The normalized spacial score (nSPS) is 10.7. The fourth-order valence-electron chi connectivity index (χ4n) is 1.85.